The molecular formula is C2H12AlCl4NO4Zr. The van der Waals surface area contributed by atoms with Crippen molar-refractivity contribution in [3.8, 4) is 0 Å². The Bertz CT molecular complexity index is 107. The molecule has 0 unspecified atom stereocenters. The van der Waals surface area contributed by atoms with Crippen LogP contribution in [-0.4, -0.2) is 45.9 Å². The molecule has 0 aliphatic carbocycles. The first-order chi connectivity index (χ1) is 4.27. The van der Waals surface area contributed by atoms with Crippen molar-refractivity contribution in [1.29, 1.82) is 0 Å². The van der Waals surface area contributed by atoms with Crippen LogP contribution in [0.3, 0.4) is 0 Å². The van der Waals surface area contributed by atoms with E-state index in [9.17, 15) is 4.79 Å². The van der Waals surface area contributed by atoms with Crippen molar-refractivity contribution in [2.75, 3.05) is 6.54 Å². The zero-order chi connectivity index (χ0) is 8.78. The Morgan fingerprint density at radius 2 is 1.31 bits per heavy atom. The zero-order valence-corrected chi connectivity index (χ0v) is 11.1. The number of carboxylic acid groups (broad SMARTS) is 1. The van der Waals surface area contributed by atoms with Crippen molar-refractivity contribution in [3.63, 3.8) is 0 Å². The average Bonchev–Trinajstić information content (AvgIpc) is 1.61. The molecule has 11 heteroatoms. The van der Waals surface area contributed by atoms with Crippen LogP contribution in [0.25, 0.3) is 0 Å². The van der Waals surface area contributed by atoms with Crippen LogP contribution in [0.5, 0.6) is 0 Å². The molecule has 0 fully saturated rings. The Morgan fingerprint density at radius 1 is 1.23 bits per heavy atom. The van der Waals surface area contributed by atoms with Gasteiger partial charge in [0.1, 0.15) is 0 Å². The molecule has 0 aromatic carbocycles. The summed E-state index contributed by atoms with van der Waals surface area (Å²) in [4.78, 5) is 9.24. The van der Waals surface area contributed by atoms with Gasteiger partial charge in [-0.25, -0.2) is 0 Å². The molecule has 0 bridgehead atoms. The molecule has 0 heterocycles. The van der Waals surface area contributed by atoms with Crippen LogP contribution in [0.1, 0.15) is 0 Å². The summed E-state index contributed by atoms with van der Waals surface area (Å²) in [6, 6.07) is 0. The zero-order valence-electron chi connectivity index (χ0n) is 5.65. The number of carbonyl (C=O) groups is 1. The Balaban J connectivity index is -0.0000000267. The fraction of sp³-hybridized carbons (Fsp3) is 0.500. The van der Waals surface area contributed by atoms with E-state index in [1.807, 2.05) is 0 Å². The fourth-order valence-corrected chi connectivity index (χ4v) is 0. The summed E-state index contributed by atoms with van der Waals surface area (Å²) in [5.41, 5.74) is 4.57. The van der Waals surface area contributed by atoms with Gasteiger partial charge in [0.15, 0.2) is 17.4 Å². The first-order valence-electron chi connectivity index (χ1n) is 1.95. The van der Waals surface area contributed by atoms with Crippen LogP contribution < -0.4 is 5.73 Å². The van der Waals surface area contributed by atoms with E-state index in [2.05, 4.69) is 5.73 Å². The van der Waals surface area contributed by atoms with E-state index in [0.29, 0.717) is 0 Å². The molecule has 0 aliphatic rings. The summed E-state index contributed by atoms with van der Waals surface area (Å²) >= 11 is -3.29. The molecule has 0 spiro atoms. The Morgan fingerprint density at radius 3 is 1.31 bits per heavy atom. The summed E-state index contributed by atoms with van der Waals surface area (Å²) in [6.45, 7) is -0.278. The predicted molar refractivity (Wildman–Crippen MR) is 57.3 cm³/mol. The number of carboxylic acids is 1. The van der Waals surface area contributed by atoms with Crippen molar-refractivity contribution in [3.05, 3.63) is 0 Å². The summed E-state index contributed by atoms with van der Waals surface area (Å²) in [5.74, 6) is -0.968. The summed E-state index contributed by atoms with van der Waals surface area (Å²) in [7, 11) is 20.1. The standard InChI is InChI=1S/C2H5NO2.Al.4ClH.2H2O.Zr.3H/c3-1-2(4)5;;;;;;;;;;;/h1,3H2,(H,4,5);;4*1H;2*1H2;;;;/q;;;;;;;;+4;;;/p-4. The normalized spacial score (nSPS) is 7.46. The quantitative estimate of drug-likeness (QED) is 0.569. The van der Waals surface area contributed by atoms with E-state index < -0.39 is 21.5 Å². The molecule has 0 amide bonds. The number of aliphatic carboxylic acids is 1. The van der Waals surface area contributed by atoms with Gasteiger partial charge < -0.3 is 21.8 Å². The van der Waals surface area contributed by atoms with Crippen molar-refractivity contribution in [2.45, 2.75) is 0 Å². The van der Waals surface area contributed by atoms with Gasteiger partial charge in [-0.1, -0.05) is 0 Å². The third-order valence-corrected chi connectivity index (χ3v) is 0.175. The second kappa shape index (κ2) is 16.4. The molecule has 0 aliphatic heterocycles. The molecule has 84 valence electrons. The molecular weight excluding hydrogens is 362 g/mol. The first-order valence-corrected chi connectivity index (χ1v) is 14.6. The minimum atomic E-state index is -3.29. The minimum absolute atomic E-state index is 0. The van der Waals surface area contributed by atoms with E-state index in [1.165, 1.54) is 0 Å². The van der Waals surface area contributed by atoms with Crippen molar-refractivity contribution >= 4 is 57.4 Å². The number of rotatable bonds is 1. The number of nitrogens with two attached hydrogens (primary N) is 1. The number of hydrogen-bond acceptors (Lipinski definition) is 2. The van der Waals surface area contributed by atoms with E-state index in [0.717, 1.165) is 0 Å². The Labute approximate surface area is 105 Å². The van der Waals surface area contributed by atoms with Gasteiger partial charge in [-0.2, -0.15) is 0 Å². The maximum absolute atomic E-state index is 9.24. The number of halogens is 4. The second-order valence-corrected chi connectivity index (χ2v) is 23.4. The first kappa shape index (κ1) is 29.4. The Kier molecular flexibility index (Phi) is 37.0. The molecule has 0 radical (unpaired) electrons. The SMILES string of the molecule is NCC(=O)O.O.O.[AlH3].[Cl][Zr]([Cl])([Cl])[Cl]. The third-order valence-electron chi connectivity index (χ3n) is 0.175. The topological polar surface area (TPSA) is 126 Å². The van der Waals surface area contributed by atoms with E-state index >= 15 is 0 Å². The van der Waals surface area contributed by atoms with E-state index in [4.69, 9.17) is 39.2 Å². The molecule has 0 saturated heterocycles. The molecule has 0 aromatic rings. The van der Waals surface area contributed by atoms with Gasteiger partial charge in [0.25, 0.3) is 0 Å². The molecule has 0 saturated carbocycles. The van der Waals surface area contributed by atoms with Crippen LogP contribution in [0.2, 0.25) is 0 Å². The molecule has 7 N–H and O–H groups in total. The summed E-state index contributed by atoms with van der Waals surface area (Å²) < 4.78 is 0. The van der Waals surface area contributed by atoms with Gasteiger partial charge >= 0.3 is 55.5 Å². The van der Waals surface area contributed by atoms with Gasteiger partial charge in [-0.3, -0.25) is 4.79 Å². The summed E-state index contributed by atoms with van der Waals surface area (Å²) in [5, 5.41) is 7.60. The Hall–Kier alpha value is 1.93. The summed E-state index contributed by atoms with van der Waals surface area (Å²) in [6.07, 6.45) is 0. The predicted octanol–water partition coefficient (Wildman–Crippen LogP) is -1.05. The molecule has 0 rings (SSSR count). The van der Waals surface area contributed by atoms with Gasteiger partial charge in [0.2, 0.25) is 0 Å². The van der Waals surface area contributed by atoms with Crippen LogP contribution in [0, 0.1) is 0 Å². The van der Waals surface area contributed by atoms with Gasteiger partial charge in [0, 0.05) is 0 Å². The number of hydrogen-bond donors (Lipinski definition) is 2. The van der Waals surface area contributed by atoms with Crippen molar-refractivity contribution < 1.29 is 36.3 Å². The van der Waals surface area contributed by atoms with Gasteiger partial charge in [0.05, 0.1) is 6.54 Å². The second-order valence-electron chi connectivity index (χ2n) is 1.03. The van der Waals surface area contributed by atoms with Crippen LogP contribution in [0.4, 0.5) is 0 Å². The molecule has 5 nitrogen and oxygen atoms in total. The van der Waals surface area contributed by atoms with Gasteiger partial charge in [-0.05, 0) is 0 Å². The fourth-order valence-electron chi connectivity index (χ4n) is 0. The van der Waals surface area contributed by atoms with Crippen molar-refractivity contribution in [2.24, 2.45) is 5.73 Å². The van der Waals surface area contributed by atoms with Gasteiger partial charge in [-0.15, -0.1) is 0 Å². The van der Waals surface area contributed by atoms with Crippen LogP contribution in [-0.2, 0) is 20.3 Å². The molecule has 0 atom stereocenters. The maximum atomic E-state index is 9.24. The van der Waals surface area contributed by atoms with Crippen molar-refractivity contribution in [1.82, 2.24) is 0 Å². The average molecular weight is 374 g/mol. The molecule has 13 heavy (non-hydrogen) atoms. The van der Waals surface area contributed by atoms with E-state index in [1.54, 1.807) is 0 Å². The monoisotopic (exact) mass is 371 g/mol. The van der Waals surface area contributed by atoms with E-state index in [-0.39, 0.29) is 34.9 Å². The van der Waals surface area contributed by atoms with Crippen LogP contribution in [0.15, 0.2) is 0 Å². The van der Waals surface area contributed by atoms with Crippen LogP contribution >= 0.6 is 34.1 Å². The third kappa shape index (κ3) is 129. The molecule has 0 aromatic heterocycles.